The number of nitrogens with one attached hydrogen (secondary N) is 2. The molecular formula is C15H31N3O3. The fraction of sp³-hybridized carbons (Fsp3) is 0.867. The number of carboxylic acid groups (broad SMARTS) is 1. The number of urea groups is 1. The number of carbonyl (C=O) groups excluding carboxylic acids is 1. The van der Waals surface area contributed by atoms with Crippen molar-refractivity contribution < 1.29 is 14.7 Å². The molecule has 0 fully saturated rings. The number of hydrogen-bond donors (Lipinski definition) is 3. The van der Waals surface area contributed by atoms with E-state index in [9.17, 15) is 9.59 Å². The van der Waals surface area contributed by atoms with E-state index in [-0.39, 0.29) is 17.9 Å². The van der Waals surface area contributed by atoms with Crippen LogP contribution in [0.3, 0.4) is 0 Å². The molecule has 6 nitrogen and oxygen atoms in total. The Balaban J connectivity index is 3.56. The molecule has 3 N–H and O–H groups in total. The molecule has 0 saturated carbocycles. The second kappa shape index (κ2) is 10.4. The highest BCUT2D eigenvalue weighted by atomic mass is 16.4. The number of hydrogen-bond acceptors (Lipinski definition) is 3. The van der Waals surface area contributed by atoms with E-state index in [2.05, 4.69) is 29.4 Å². The predicted octanol–water partition coefficient (Wildman–Crippen LogP) is 1.91. The van der Waals surface area contributed by atoms with Crippen molar-refractivity contribution in [2.45, 2.75) is 46.0 Å². The van der Waals surface area contributed by atoms with Gasteiger partial charge in [0.25, 0.3) is 0 Å². The Morgan fingerprint density at radius 3 is 2.24 bits per heavy atom. The Kier molecular flexibility index (Phi) is 9.78. The van der Waals surface area contributed by atoms with Gasteiger partial charge in [-0.15, -0.1) is 0 Å². The van der Waals surface area contributed by atoms with Crippen LogP contribution < -0.4 is 10.6 Å². The number of amides is 2. The SMILES string of the molecule is CN(C)CC(C)(C)CNC(=O)NCCCCCCC(=O)O. The molecule has 0 aromatic rings. The van der Waals surface area contributed by atoms with E-state index in [1.807, 2.05) is 14.1 Å². The van der Waals surface area contributed by atoms with Crippen LogP contribution in [0.2, 0.25) is 0 Å². The molecule has 0 saturated heterocycles. The minimum Gasteiger partial charge on any atom is -0.481 e. The quantitative estimate of drug-likeness (QED) is 0.509. The summed E-state index contributed by atoms with van der Waals surface area (Å²) >= 11 is 0. The van der Waals surface area contributed by atoms with Crippen molar-refractivity contribution in [1.29, 1.82) is 0 Å². The Bertz CT molecular complexity index is 317. The van der Waals surface area contributed by atoms with Crippen LogP contribution in [0, 0.1) is 5.41 Å². The highest BCUT2D eigenvalue weighted by molar-refractivity contribution is 5.73. The van der Waals surface area contributed by atoms with E-state index >= 15 is 0 Å². The van der Waals surface area contributed by atoms with Crippen molar-refractivity contribution in [2.75, 3.05) is 33.7 Å². The maximum absolute atomic E-state index is 11.6. The zero-order valence-corrected chi connectivity index (χ0v) is 13.9. The predicted molar refractivity (Wildman–Crippen MR) is 84.5 cm³/mol. The molecule has 0 aliphatic carbocycles. The third-order valence-electron chi connectivity index (χ3n) is 3.07. The second-order valence-corrected chi connectivity index (χ2v) is 6.57. The molecule has 0 unspecified atom stereocenters. The van der Waals surface area contributed by atoms with Gasteiger partial charge in [-0.05, 0) is 32.4 Å². The Morgan fingerprint density at radius 2 is 1.67 bits per heavy atom. The van der Waals surface area contributed by atoms with Crippen LogP contribution >= 0.6 is 0 Å². The van der Waals surface area contributed by atoms with Crippen LogP contribution in [0.1, 0.15) is 46.0 Å². The summed E-state index contributed by atoms with van der Waals surface area (Å²) in [6.45, 7) is 6.42. The first kappa shape index (κ1) is 19.7. The van der Waals surface area contributed by atoms with Crippen molar-refractivity contribution in [1.82, 2.24) is 15.5 Å². The van der Waals surface area contributed by atoms with E-state index in [1.165, 1.54) is 0 Å². The summed E-state index contributed by atoms with van der Waals surface area (Å²) in [7, 11) is 4.04. The van der Waals surface area contributed by atoms with Crippen LogP contribution in [-0.4, -0.2) is 55.7 Å². The van der Waals surface area contributed by atoms with Crippen molar-refractivity contribution in [3.05, 3.63) is 0 Å². The van der Waals surface area contributed by atoms with Gasteiger partial charge >= 0.3 is 12.0 Å². The van der Waals surface area contributed by atoms with Gasteiger partial charge in [-0.1, -0.05) is 26.7 Å². The van der Waals surface area contributed by atoms with E-state index in [0.717, 1.165) is 25.8 Å². The number of carboxylic acids is 1. The van der Waals surface area contributed by atoms with Gasteiger partial charge < -0.3 is 20.6 Å². The van der Waals surface area contributed by atoms with Crippen molar-refractivity contribution in [3.8, 4) is 0 Å². The van der Waals surface area contributed by atoms with Crippen LogP contribution in [-0.2, 0) is 4.79 Å². The van der Waals surface area contributed by atoms with Gasteiger partial charge in [-0.25, -0.2) is 4.79 Å². The fourth-order valence-corrected chi connectivity index (χ4v) is 2.25. The highest BCUT2D eigenvalue weighted by Gasteiger charge is 2.19. The molecule has 0 aromatic carbocycles. The maximum Gasteiger partial charge on any atom is 0.314 e. The molecule has 0 radical (unpaired) electrons. The van der Waals surface area contributed by atoms with E-state index in [1.54, 1.807) is 0 Å². The van der Waals surface area contributed by atoms with Gasteiger partial charge in [0.05, 0.1) is 0 Å². The second-order valence-electron chi connectivity index (χ2n) is 6.57. The first-order chi connectivity index (χ1) is 9.73. The highest BCUT2D eigenvalue weighted by Crippen LogP contribution is 2.13. The van der Waals surface area contributed by atoms with Gasteiger partial charge in [0.1, 0.15) is 0 Å². The van der Waals surface area contributed by atoms with Crippen LogP contribution in [0.25, 0.3) is 0 Å². The minimum atomic E-state index is -0.743. The molecule has 124 valence electrons. The number of nitrogens with zero attached hydrogens (tertiary/aromatic N) is 1. The average molecular weight is 301 g/mol. The topological polar surface area (TPSA) is 81.7 Å². The lowest BCUT2D eigenvalue weighted by Crippen LogP contribution is -2.44. The summed E-state index contributed by atoms with van der Waals surface area (Å²) in [6.07, 6.45) is 3.66. The first-order valence-electron chi connectivity index (χ1n) is 7.61. The average Bonchev–Trinajstić information content (AvgIpc) is 2.33. The van der Waals surface area contributed by atoms with E-state index in [4.69, 9.17) is 5.11 Å². The molecule has 0 heterocycles. The zero-order chi connectivity index (χ0) is 16.3. The lowest BCUT2D eigenvalue weighted by molar-refractivity contribution is -0.137. The smallest absolute Gasteiger partial charge is 0.314 e. The molecule has 0 aromatic heterocycles. The Morgan fingerprint density at radius 1 is 1.05 bits per heavy atom. The molecule has 0 atom stereocenters. The molecule has 0 spiro atoms. The largest absolute Gasteiger partial charge is 0.481 e. The maximum atomic E-state index is 11.6. The van der Waals surface area contributed by atoms with Crippen LogP contribution in [0.5, 0.6) is 0 Å². The first-order valence-corrected chi connectivity index (χ1v) is 7.61. The zero-order valence-electron chi connectivity index (χ0n) is 13.9. The summed E-state index contributed by atoms with van der Waals surface area (Å²) in [5.41, 5.74) is 0.0394. The number of unbranched alkanes of at least 4 members (excludes halogenated alkanes) is 3. The van der Waals surface area contributed by atoms with E-state index < -0.39 is 5.97 Å². The third-order valence-corrected chi connectivity index (χ3v) is 3.07. The third kappa shape index (κ3) is 13.4. The van der Waals surface area contributed by atoms with Crippen LogP contribution in [0.15, 0.2) is 0 Å². The number of rotatable bonds is 11. The fourth-order valence-electron chi connectivity index (χ4n) is 2.25. The monoisotopic (exact) mass is 301 g/mol. The molecule has 21 heavy (non-hydrogen) atoms. The van der Waals surface area contributed by atoms with Crippen molar-refractivity contribution in [2.24, 2.45) is 5.41 Å². The summed E-state index contributed by atoms with van der Waals surface area (Å²) < 4.78 is 0. The molecular weight excluding hydrogens is 270 g/mol. The van der Waals surface area contributed by atoms with Gasteiger partial charge in [0.15, 0.2) is 0 Å². The van der Waals surface area contributed by atoms with Crippen molar-refractivity contribution in [3.63, 3.8) is 0 Å². The Labute approximate surface area is 128 Å². The lowest BCUT2D eigenvalue weighted by atomic mass is 9.93. The Hall–Kier alpha value is -1.30. The normalized spacial score (nSPS) is 11.5. The van der Waals surface area contributed by atoms with Crippen LogP contribution in [0.4, 0.5) is 4.79 Å². The summed E-state index contributed by atoms with van der Waals surface area (Å²) in [5, 5.41) is 14.2. The molecule has 6 heteroatoms. The summed E-state index contributed by atoms with van der Waals surface area (Å²) in [5.74, 6) is -0.743. The molecule has 2 amide bonds. The molecule has 0 aliphatic rings. The minimum absolute atomic E-state index is 0.0394. The van der Waals surface area contributed by atoms with Gasteiger partial charge in [0.2, 0.25) is 0 Å². The van der Waals surface area contributed by atoms with Crippen molar-refractivity contribution >= 4 is 12.0 Å². The standard InChI is InChI=1S/C15H31N3O3/c1-15(2,12-18(3)4)11-17-14(21)16-10-8-6-5-7-9-13(19)20/h5-12H2,1-4H3,(H,19,20)(H2,16,17,21). The molecule has 0 bridgehead atoms. The van der Waals surface area contributed by atoms with E-state index in [0.29, 0.717) is 19.5 Å². The lowest BCUT2D eigenvalue weighted by Gasteiger charge is -2.28. The van der Waals surface area contributed by atoms with Gasteiger partial charge in [-0.2, -0.15) is 0 Å². The van der Waals surface area contributed by atoms with Gasteiger partial charge in [0, 0.05) is 26.1 Å². The molecule has 0 rings (SSSR count). The number of aliphatic carboxylic acids is 1. The number of carbonyl (C=O) groups is 2. The van der Waals surface area contributed by atoms with Gasteiger partial charge in [-0.3, -0.25) is 4.79 Å². The molecule has 0 aliphatic heterocycles. The summed E-state index contributed by atoms with van der Waals surface area (Å²) in [4.78, 5) is 24.1. The summed E-state index contributed by atoms with van der Waals surface area (Å²) in [6, 6.07) is -0.132.